The Bertz CT molecular complexity index is 1970. The van der Waals surface area contributed by atoms with Gasteiger partial charge in [0.25, 0.3) is 11.5 Å². The van der Waals surface area contributed by atoms with Gasteiger partial charge in [-0.05, 0) is 71.1 Å². The number of likely N-dealkylation sites (tertiary alicyclic amines) is 2. The molecule has 2 aliphatic rings. The number of aromatic nitrogens is 4. The zero-order valence-electron chi connectivity index (χ0n) is 25.8. The summed E-state index contributed by atoms with van der Waals surface area (Å²) in [5.41, 5.74) is 1.71. The maximum atomic E-state index is 14.1. The molecule has 0 saturated carbocycles. The Morgan fingerprint density at radius 1 is 0.915 bits per heavy atom. The highest BCUT2D eigenvalue weighted by Crippen LogP contribution is 2.36. The van der Waals surface area contributed by atoms with Crippen molar-refractivity contribution >= 4 is 38.8 Å². The summed E-state index contributed by atoms with van der Waals surface area (Å²) in [7, 11) is 0. The number of hydrogen-bond donors (Lipinski definition) is 1. The Kier molecular flexibility index (Phi) is 8.50. The van der Waals surface area contributed by atoms with Crippen LogP contribution in [0.5, 0.6) is 0 Å². The second-order valence-electron chi connectivity index (χ2n) is 12.5. The van der Waals surface area contributed by atoms with Crippen LogP contribution >= 0.6 is 15.9 Å². The molecule has 240 valence electrons. The third kappa shape index (κ3) is 6.25. The number of rotatable bonds is 6. The van der Waals surface area contributed by atoms with E-state index in [1.807, 2.05) is 81.2 Å². The number of piperidine rings is 2. The molecule has 2 aliphatic heterocycles. The van der Waals surface area contributed by atoms with Crippen molar-refractivity contribution in [2.75, 3.05) is 26.2 Å². The highest BCUT2D eigenvalue weighted by molar-refractivity contribution is 9.10. The Hall–Kier alpha value is -4.61. The molecule has 0 aliphatic carbocycles. The van der Waals surface area contributed by atoms with E-state index in [1.165, 1.54) is 10.9 Å². The number of fused-ring (bicyclic) bond motifs is 1. The van der Waals surface area contributed by atoms with E-state index in [4.69, 9.17) is 0 Å². The maximum Gasteiger partial charge on any atom is 0.262 e. The van der Waals surface area contributed by atoms with Crippen LogP contribution in [0.3, 0.4) is 0 Å². The average molecular weight is 696 g/mol. The van der Waals surface area contributed by atoms with Crippen LogP contribution in [0.4, 0.5) is 0 Å². The van der Waals surface area contributed by atoms with Crippen molar-refractivity contribution in [3.8, 4) is 5.69 Å². The first-order chi connectivity index (χ1) is 22.8. The Morgan fingerprint density at radius 3 is 2.36 bits per heavy atom. The van der Waals surface area contributed by atoms with Gasteiger partial charge in [-0.1, -0.05) is 48.5 Å². The van der Waals surface area contributed by atoms with E-state index in [1.54, 1.807) is 24.4 Å². The summed E-state index contributed by atoms with van der Waals surface area (Å²) in [4.78, 5) is 53.3. The second kappa shape index (κ2) is 12.9. The molecule has 2 saturated heterocycles. The summed E-state index contributed by atoms with van der Waals surface area (Å²) < 4.78 is 3.96. The van der Waals surface area contributed by atoms with Gasteiger partial charge in [0.15, 0.2) is 5.65 Å². The van der Waals surface area contributed by atoms with Crippen LogP contribution in [0.2, 0.25) is 0 Å². The molecule has 2 amide bonds. The molecule has 2 atom stereocenters. The maximum absolute atomic E-state index is 14.1. The fraction of sp³-hybridized carbons (Fsp3) is 0.306. The highest BCUT2D eigenvalue weighted by Gasteiger charge is 2.41. The van der Waals surface area contributed by atoms with Crippen LogP contribution < -0.4 is 5.56 Å². The molecule has 7 rings (SSSR count). The van der Waals surface area contributed by atoms with E-state index in [9.17, 15) is 19.5 Å². The molecule has 3 aromatic heterocycles. The van der Waals surface area contributed by atoms with Crippen molar-refractivity contribution in [3.05, 3.63) is 124 Å². The van der Waals surface area contributed by atoms with Gasteiger partial charge >= 0.3 is 0 Å². The number of carbonyl (C=O) groups excluding carboxylic acids is 2. The molecule has 0 unspecified atom stereocenters. The zero-order chi connectivity index (χ0) is 32.5. The standard InChI is InChI=1S/C36H35BrN6O4/c37-31-21-26(11-16-38-31)33(44)41-17-12-28(30(22-41)25-7-3-1-4-8-25)34(45)40-19-14-36(47,15-20-40)23-42-24-39-32-29(35(42)46)13-18-43(32)27-9-5-2-6-10-27/h1-11,13,16,18,21,24,28,30,47H,12,14-15,17,19-20,22-23H2/t28-,30+/m1/s1. The van der Waals surface area contributed by atoms with E-state index in [0.717, 1.165) is 11.3 Å². The first-order valence-electron chi connectivity index (χ1n) is 15.9. The van der Waals surface area contributed by atoms with Crippen LogP contribution in [0.1, 0.15) is 41.1 Å². The van der Waals surface area contributed by atoms with Crippen molar-refractivity contribution in [1.82, 2.24) is 28.9 Å². The normalized spacial score (nSPS) is 19.5. The van der Waals surface area contributed by atoms with Crippen molar-refractivity contribution < 1.29 is 14.7 Å². The molecule has 11 heteroatoms. The number of carbonyl (C=O) groups is 2. The summed E-state index contributed by atoms with van der Waals surface area (Å²) in [5.74, 6) is -0.489. The molecule has 5 aromatic rings. The van der Waals surface area contributed by atoms with Gasteiger partial charge in [-0.25, -0.2) is 9.97 Å². The Morgan fingerprint density at radius 2 is 1.64 bits per heavy atom. The van der Waals surface area contributed by atoms with Crippen molar-refractivity contribution in [1.29, 1.82) is 0 Å². The quantitative estimate of drug-likeness (QED) is 0.259. The first kappa shape index (κ1) is 31.0. The molecule has 0 bridgehead atoms. The highest BCUT2D eigenvalue weighted by atomic mass is 79.9. The van der Waals surface area contributed by atoms with Crippen LogP contribution in [0.25, 0.3) is 16.7 Å². The SMILES string of the molecule is O=C(c1ccnc(Br)c1)N1CC[C@@H](C(=O)N2CCC(O)(Cn3cnc4c(ccn4-c4ccccc4)c3=O)CC2)[C@H](c2ccccc2)C1. The minimum absolute atomic E-state index is 0.0437. The first-order valence-corrected chi connectivity index (χ1v) is 16.7. The molecular formula is C36H35BrN6O4. The largest absolute Gasteiger partial charge is 0.388 e. The number of pyridine rings is 1. The van der Waals surface area contributed by atoms with Gasteiger partial charge in [-0.2, -0.15) is 0 Å². The van der Waals surface area contributed by atoms with Crippen LogP contribution in [0, 0.1) is 5.92 Å². The van der Waals surface area contributed by atoms with E-state index in [2.05, 4.69) is 25.9 Å². The smallest absolute Gasteiger partial charge is 0.262 e. The summed E-state index contributed by atoms with van der Waals surface area (Å²) in [6, 6.07) is 24.8. The molecule has 5 heterocycles. The number of halogens is 1. The van der Waals surface area contributed by atoms with E-state index < -0.39 is 5.60 Å². The van der Waals surface area contributed by atoms with Crippen molar-refractivity contribution in [3.63, 3.8) is 0 Å². The second-order valence-corrected chi connectivity index (χ2v) is 13.3. The van der Waals surface area contributed by atoms with E-state index in [0.29, 0.717) is 66.6 Å². The van der Waals surface area contributed by atoms with Gasteiger partial charge < -0.3 is 19.5 Å². The van der Waals surface area contributed by atoms with Gasteiger partial charge in [0.2, 0.25) is 5.91 Å². The van der Waals surface area contributed by atoms with Gasteiger partial charge in [-0.15, -0.1) is 0 Å². The lowest BCUT2D eigenvalue weighted by Gasteiger charge is -2.43. The van der Waals surface area contributed by atoms with Gasteiger partial charge in [0.05, 0.1) is 17.5 Å². The predicted octanol–water partition coefficient (Wildman–Crippen LogP) is 4.64. The van der Waals surface area contributed by atoms with Gasteiger partial charge in [-0.3, -0.25) is 19.0 Å². The summed E-state index contributed by atoms with van der Waals surface area (Å²) in [6.45, 7) is 1.78. The van der Waals surface area contributed by atoms with E-state index >= 15 is 0 Å². The minimum Gasteiger partial charge on any atom is -0.388 e. The zero-order valence-corrected chi connectivity index (χ0v) is 27.4. The number of aliphatic hydroxyl groups is 1. The monoisotopic (exact) mass is 694 g/mol. The lowest BCUT2D eigenvalue weighted by Crippen LogP contribution is -2.53. The summed E-state index contributed by atoms with van der Waals surface area (Å²) in [5, 5.41) is 12.1. The Labute approximate surface area is 280 Å². The van der Waals surface area contributed by atoms with Crippen molar-refractivity contribution in [2.45, 2.75) is 37.3 Å². The molecular weight excluding hydrogens is 660 g/mol. The number of benzene rings is 2. The summed E-state index contributed by atoms with van der Waals surface area (Å²) in [6.07, 6.45) is 6.17. The molecule has 2 fully saturated rings. The fourth-order valence-electron chi connectivity index (χ4n) is 7.00. The number of para-hydroxylation sites is 1. The number of nitrogens with zero attached hydrogens (tertiary/aromatic N) is 6. The van der Waals surface area contributed by atoms with Crippen LogP contribution in [-0.4, -0.2) is 77.6 Å². The minimum atomic E-state index is -1.15. The van der Waals surface area contributed by atoms with Crippen LogP contribution in [-0.2, 0) is 11.3 Å². The number of amides is 2. The number of hydrogen-bond acceptors (Lipinski definition) is 6. The molecule has 0 spiro atoms. The molecule has 1 N–H and O–H groups in total. The lowest BCUT2D eigenvalue weighted by molar-refractivity contribution is -0.142. The van der Waals surface area contributed by atoms with Crippen molar-refractivity contribution in [2.24, 2.45) is 5.92 Å². The van der Waals surface area contributed by atoms with Gasteiger partial charge in [0, 0.05) is 61.7 Å². The Balaban J connectivity index is 1.04. The predicted molar refractivity (Wildman–Crippen MR) is 181 cm³/mol. The molecule has 2 aromatic carbocycles. The average Bonchev–Trinajstić information content (AvgIpc) is 3.55. The summed E-state index contributed by atoms with van der Waals surface area (Å²) >= 11 is 3.35. The van der Waals surface area contributed by atoms with E-state index in [-0.39, 0.29) is 35.8 Å². The molecule has 47 heavy (non-hydrogen) atoms. The lowest BCUT2D eigenvalue weighted by atomic mass is 9.79. The fourth-order valence-corrected chi connectivity index (χ4v) is 7.37. The third-order valence-corrected chi connectivity index (χ3v) is 10.0. The topological polar surface area (TPSA) is 114 Å². The van der Waals surface area contributed by atoms with Crippen LogP contribution in [0.15, 0.2) is 107 Å². The van der Waals surface area contributed by atoms with Gasteiger partial charge in [0.1, 0.15) is 10.9 Å². The molecule has 0 radical (unpaired) electrons. The third-order valence-electron chi connectivity index (χ3n) is 9.59. The molecule has 10 nitrogen and oxygen atoms in total.